The number of piperidine rings is 1. The van der Waals surface area contributed by atoms with Gasteiger partial charge in [0.1, 0.15) is 0 Å². The van der Waals surface area contributed by atoms with Crippen LogP contribution in [0.25, 0.3) is 11.3 Å². The lowest BCUT2D eigenvalue weighted by atomic mass is 9.65. The number of benzene rings is 2. The molecular weight excluding hydrogens is 476 g/mol. The second-order valence-electron chi connectivity index (χ2n) is 11.4. The normalized spacial score (nSPS) is 26.6. The van der Waals surface area contributed by atoms with E-state index in [0.29, 0.717) is 31.7 Å². The molecule has 0 bridgehead atoms. The first kappa shape index (κ1) is 25.0. The molecule has 6 rings (SSSR count). The van der Waals surface area contributed by atoms with E-state index in [1.54, 1.807) is 17.0 Å². The summed E-state index contributed by atoms with van der Waals surface area (Å²) >= 11 is 0. The van der Waals surface area contributed by atoms with Crippen LogP contribution in [0.2, 0.25) is 0 Å². The van der Waals surface area contributed by atoms with Crippen molar-refractivity contribution in [3.63, 3.8) is 0 Å². The molecule has 1 saturated carbocycles. The lowest BCUT2D eigenvalue weighted by Gasteiger charge is -2.52. The molecule has 7 heteroatoms. The summed E-state index contributed by atoms with van der Waals surface area (Å²) in [5.74, 6) is 0.249. The lowest BCUT2D eigenvalue weighted by molar-refractivity contribution is -0.163. The number of carbonyl (C=O) groups excluding carboxylic acids is 1. The maximum absolute atomic E-state index is 13.9. The summed E-state index contributed by atoms with van der Waals surface area (Å²) in [6.45, 7) is 2.73. The molecule has 3 heterocycles. The average Bonchev–Trinajstić information content (AvgIpc) is 3.63. The molecule has 2 N–H and O–H groups in total. The van der Waals surface area contributed by atoms with Gasteiger partial charge in [0.25, 0.3) is 5.56 Å². The number of likely N-dealkylation sites (tertiary alicyclic amines) is 1. The molecule has 3 aromatic rings. The monoisotopic (exact) mass is 512 g/mol. The number of amides is 1. The van der Waals surface area contributed by atoms with Gasteiger partial charge >= 0.3 is 0 Å². The number of hydrogen-bond donors (Lipinski definition) is 2. The summed E-state index contributed by atoms with van der Waals surface area (Å²) < 4.78 is 1.55. The van der Waals surface area contributed by atoms with Crippen molar-refractivity contribution in [2.24, 2.45) is 11.3 Å². The van der Waals surface area contributed by atoms with Crippen molar-refractivity contribution >= 4 is 5.91 Å². The van der Waals surface area contributed by atoms with Crippen LogP contribution in [0.15, 0.2) is 77.9 Å². The summed E-state index contributed by atoms with van der Waals surface area (Å²) in [5, 5.41) is 15.6. The molecule has 3 atom stereocenters. The highest BCUT2D eigenvalue weighted by Gasteiger charge is 2.56. The van der Waals surface area contributed by atoms with Gasteiger partial charge in [-0.3, -0.25) is 14.2 Å². The minimum atomic E-state index is -1.06. The third-order valence-electron chi connectivity index (χ3n) is 9.29. The quantitative estimate of drug-likeness (QED) is 0.547. The summed E-state index contributed by atoms with van der Waals surface area (Å²) in [6.07, 6.45) is 5.81. The number of aromatic nitrogens is 2. The van der Waals surface area contributed by atoms with Gasteiger partial charge < -0.3 is 15.3 Å². The number of carbonyl (C=O) groups is 1. The van der Waals surface area contributed by atoms with E-state index in [0.717, 1.165) is 37.8 Å². The Hall–Kier alpha value is -3.29. The topological polar surface area (TPSA) is 87.5 Å². The van der Waals surface area contributed by atoms with Gasteiger partial charge in [0, 0.05) is 49.1 Å². The van der Waals surface area contributed by atoms with Gasteiger partial charge in [-0.15, -0.1) is 0 Å². The Morgan fingerprint density at radius 2 is 1.71 bits per heavy atom. The lowest BCUT2D eigenvalue weighted by Crippen LogP contribution is -2.62. The van der Waals surface area contributed by atoms with Crippen molar-refractivity contribution in [1.82, 2.24) is 19.8 Å². The van der Waals surface area contributed by atoms with Crippen molar-refractivity contribution in [3.8, 4) is 11.3 Å². The standard InChI is InChI=1S/C31H36N4O3/c36-28-17-27(24-11-5-2-6-12-24)33-22-35(28)21-31(38)15-16-34(20-30(31)13-7-8-14-30)29(37)26-19-32-18-25(26)23-9-3-1-4-10-23/h1-6,9-12,17,22,25-26,32,38H,7-8,13-16,18-21H2/t25-,26+,31+/m0/s1. The SMILES string of the molecule is O=C([C@@H]1CNC[C@H]1c1ccccc1)N1CC[C@@](O)(Cn2cnc(-c3ccccc3)cc2=O)C2(CCCC2)C1. The van der Waals surface area contributed by atoms with Crippen LogP contribution < -0.4 is 10.9 Å². The van der Waals surface area contributed by atoms with E-state index in [-0.39, 0.29) is 29.8 Å². The maximum atomic E-state index is 13.9. The molecule has 3 aliphatic rings. The Kier molecular flexibility index (Phi) is 6.66. The Morgan fingerprint density at radius 3 is 2.42 bits per heavy atom. The van der Waals surface area contributed by atoms with E-state index in [1.807, 2.05) is 53.4 Å². The van der Waals surface area contributed by atoms with Crippen molar-refractivity contribution in [1.29, 1.82) is 0 Å². The van der Waals surface area contributed by atoms with Crippen molar-refractivity contribution in [3.05, 3.63) is 89.0 Å². The van der Waals surface area contributed by atoms with Gasteiger partial charge in [-0.05, 0) is 24.8 Å². The second-order valence-corrected chi connectivity index (χ2v) is 11.4. The molecular formula is C31H36N4O3. The van der Waals surface area contributed by atoms with Crippen LogP contribution in [-0.4, -0.2) is 57.2 Å². The molecule has 1 spiro atoms. The number of nitrogens with zero attached hydrogens (tertiary/aromatic N) is 3. The van der Waals surface area contributed by atoms with E-state index in [1.165, 1.54) is 5.56 Å². The molecule has 2 aliphatic heterocycles. The van der Waals surface area contributed by atoms with E-state index >= 15 is 0 Å². The van der Waals surface area contributed by atoms with Gasteiger partial charge in [0.15, 0.2) is 0 Å². The Morgan fingerprint density at radius 1 is 1.00 bits per heavy atom. The zero-order valence-corrected chi connectivity index (χ0v) is 21.8. The van der Waals surface area contributed by atoms with Crippen LogP contribution in [0.1, 0.15) is 43.6 Å². The van der Waals surface area contributed by atoms with Crippen LogP contribution in [0.4, 0.5) is 0 Å². The van der Waals surface area contributed by atoms with Gasteiger partial charge in [-0.2, -0.15) is 0 Å². The first-order valence-corrected chi connectivity index (χ1v) is 13.9. The van der Waals surface area contributed by atoms with Crippen molar-refractivity contribution in [2.75, 3.05) is 26.2 Å². The number of hydrogen-bond acceptors (Lipinski definition) is 5. The smallest absolute Gasteiger partial charge is 0.253 e. The highest BCUT2D eigenvalue weighted by atomic mass is 16.3. The van der Waals surface area contributed by atoms with Crippen LogP contribution in [0.3, 0.4) is 0 Å². The number of aliphatic hydroxyl groups is 1. The molecule has 2 aromatic carbocycles. The average molecular weight is 513 g/mol. The van der Waals surface area contributed by atoms with E-state index < -0.39 is 11.0 Å². The maximum Gasteiger partial charge on any atom is 0.253 e. The molecule has 1 aliphatic carbocycles. The molecule has 2 saturated heterocycles. The molecule has 0 radical (unpaired) electrons. The summed E-state index contributed by atoms with van der Waals surface area (Å²) in [4.78, 5) is 33.5. The molecule has 198 valence electrons. The fraction of sp³-hybridized carbons (Fsp3) is 0.452. The molecule has 1 aromatic heterocycles. The molecule has 7 nitrogen and oxygen atoms in total. The summed E-state index contributed by atoms with van der Waals surface area (Å²) in [6, 6.07) is 21.5. The number of rotatable bonds is 5. The Bertz CT molecular complexity index is 1340. The third kappa shape index (κ3) is 4.48. The first-order chi connectivity index (χ1) is 18.5. The first-order valence-electron chi connectivity index (χ1n) is 13.9. The van der Waals surface area contributed by atoms with Crippen LogP contribution in [0.5, 0.6) is 0 Å². The highest BCUT2D eigenvalue weighted by Crippen LogP contribution is 2.52. The fourth-order valence-electron chi connectivity index (χ4n) is 7.10. The summed E-state index contributed by atoms with van der Waals surface area (Å²) in [5.41, 5.74) is 1.09. The molecule has 0 unspecified atom stereocenters. The van der Waals surface area contributed by atoms with Gasteiger partial charge in [0.05, 0.1) is 30.1 Å². The largest absolute Gasteiger partial charge is 0.387 e. The van der Waals surface area contributed by atoms with Crippen LogP contribution in [0, 0.1) is 11.3 Å². The van der Waals surface area contributed by atoms with Crippen LogP contribution in [-0.2, 0) is 11.3 Å². The van der Waals surface area contributed by atoms with Crippen LogP contribution >= 0.6 is 0 Å². The minimum absolute atomic E-state index is 0.0978. The van der Waals surface area contributed by atoms with Crippen molar-refractivity contribution in [2.45, 2.75) is 50.2 Å². The predicted molar refractivity (Wildman–Crippen MR) is 147 cm³/mol. The van der Waals surface area contributed by atoms with E-state index in [9.17, 15) is 14.7 Å². The van der Waals surface area contributed by atoms with E-state index in [2.05, 4.69) is 22.4 Å². The molecule has 38 heavy (non-hydrogen) atoms. The predicted octanol–water partition coefficient (Wildman–Crippen LogP) is 3.44. The Balaban J connectivity index is 1.22. The van der Waals surface area contributed by atoms with Gasteiger partial charge in [-0.1, -0.05) is 73.5 Å². The minimum Gasteiger partial charge on any atom is -0.387 e. The zero-order valence-electron chi connectivity index (χ0n) is 21.8. The van der Waals surface area contributed by atoms with E-state index in [4.69, 9.17) is 0 Å². The molecule has 1 amide bonds. The summed E-state index contributed by atoms with van der Waals surface area (Å²) in [7, 11) is 0. The zero-order chi connectivity index (χ0) is 26.2. The number of nitrogens with one attached hydrogen (secondary N) is 1. The fourth-order valence-corrected chi connectivity index (χ4v) is 7.10. The molecule has 3 fully saturated rings. The second kappa shape index (κ2) is 10.1. The van der Waals surface area contributed by atoms with Gasteiger partial charge in [-0.25, -0.2) is 4.98 Å². The highest BCUT2D eigenvalue weighted by molar-refractivity contribution is 5.81. The van der Waals surface area contributed by atoms with Gasteiger partial charge in [0.2, 0.25) is 5.91 Å². The third-order valence-corrected chi connectivity index (χ3v) is 9.29. The Labute approximate surface area is 223 Å². The van der Waals surface area contributed by atoms with Crippen molar-refractivity contribution < 1.29 is 9.90 Å².